The Morgan fingerprint density at radius 1 is 0.950 bits per heavy atom. The maximum absolute atomic E-state index is 13.3. The summed E-state index contributed by atoms with van der Waals surface area (Å²) in [7, 11) is 0. The quantitative estimate of drug-likeness (QED) is 0.687. The van der Waals surface area contributed by atoms with Gasteiger partial charge in [-0.15, -0.1) is 0 Å². The second kappa shape index (κ2) is 6.83. The minimum absolute atomic E-state index is 0.133. The van der Waals surface area contributed by atoms with Crippen LogP contribution in [-0.4, -0.2) is 0 Å². The second-order valence-corrected chi connectivity index (χ2v) is 6.51. The summed E-state index contributed by atoms with van der Waals surface area (Å²) in [6, 6.07) is 13.6. The van der Waals surface area contributed by atoms with Gasteiger partial charge < -0.3 is 5.32 Å². The van der Waals surface area contributed by atoms with Gasteiger partial charge >= 0.3 is 0 Å². The Kier molecular flexibility index (Phi) is 5.35. The van der Waals surface area contributed by atoms with E-state index in [1.54, 1.807) is 0 Å². The Morgan fingerprint density at radius 3 is 2.30 bits per heavy atom. The van der Waals surface area contributed by atoms with E-state index in [0.717, 1.165) is 10.0 Å². The number of hydrogen-bond acceptors (Lipinski definition) is 1. The van der Waals surface area contributed by atoms with E-state index in [1.807, 2.05) is 30.3 Å². The summed E-state index contributed by atoms with van der Waals surface area (Å²) < 4.78 is 14.9. The Balaban J connectivity index is 2.13. The summed E-state index contributed by atoms with van der Waals surface area (Å²) in [6.45, 7) is 4.20. The number of rotatable bonds is 4. The summed E-state index contributed by atoms with van der Waals surface area (Å²) in [5.74, 6) is -0.236. The molecule has 2 unspecified atom stereocenters. The van der Waals surface area contributed by atoms with Crippen molar-refractivity contribution in [3.05, 3.63) is 68.4 Å². The maximum atomic E-state index is 13.3. The molecular formula is C16H16Br2FN. The first-order valence-corrected chi connectivity index (χ1v) is 8.03. The van der Waals surface area contributed by atoms with E-state index in [-0.39, 0.29) is 17.9 Å². The molecule has 2 aromatic rings. The van der Waals surface area contributed by atoms with Gasteiger partial charge in [0.25, 0.3) is 0 Å². The highest BCUT2D eigenvalue weighted by Crippen LogP contribution is 2.27. The molecular weight excluding hydrogens is 385 g/mol. The molecule has 0 heterocycles. The molecule has 0 aromatic heterocycles. The maximum Gasteiger partial charge on any atom is 0.137 e. The normalized spacial score (nSPS) is 14.1. The molecule has 0 spiro atoms. The Bertz CT molecular complexity index is 601. The van der Waals surface area contributed by atoms with Gasteiger partial charge in [0, 0.05) is 16.6 Å². The third-order valence-corrected chi connectivity index (χ3v) is 4.65. The molecule has 0 aliphatic heterocycles. The molecule has 0 aliphatic carbocycles. The summed E-state index contributed by atoms with van der Waals surface area (Å²) in [4.78, 5) is 0. The van der Waals surface area contributed by atoms with E-state index in [9.17, 15) is 4.39 Å². The predicted molar refractivity (Wildman–Crippen MR) is 88.2 cm³/mol. The van der Waals surface area contributed by atoms with Gasteiger partial charge in [0.1, 0.15) is 5.82 Å². The van der Waals surface area contributed by atoms with Crippen molar-refractivity contribution in [1.82, 2.24) is 5.32 Å². The fourth-order valence-electron chi connectivity index (χ4n) is 2.17. The van der Waals surface area contributed by atoms with Crippen LogP contribution in [0.4, 0.5) is 4.39 Å². The van der Waals surface area contributed by atoms with E-state index in [1.165, 1.54) is 11.6 Å². The van der Waals surface area contributed by atoms with Crippen molar-refractivity contribution in [2.45, 2.75) is 25.9 Å². The topological polar surface area (TPSA) is 12.0 Å². The zero-order valence-electron chi connectivity index (χ0n) is 11.3. The molecule has 1 N–H and O–H groups in total. The van der Waals surface area contributed by atoms with Gasteiger partial charge in [-0.3, -0.25) is 0 Å². The molecule has 0 saturated carbocycles. The van der Waals surface area contributed by atoms with Gasteiger partial charge in [-0.1, -0.05) is 40.2 Å². The lowest BCUT2D eigenvalue weighted by atomic mass is 10.0. The number of nitrogens with one attached hydrogen (secondary N) is 1. The molecule has 106 valence electrons. The van der Waals surface area contributed by atoms with Crippen LogP contribution in [0.25, 0.3) is 0 Å². The van der Waals surface area contributed by atoms with Crippen LogP contribution < -0.4 is 5.32 Å². The smallest absolute Gasteiger partial charge is 0.137 e. The first-order valence-electron chi connectivity index (χ1n) is 6.44. The van der Waals surface area contributed by atoms with Crippen molar-refractivity contribution in [3.63, 3.8) is 0 Å². The predicted octanol–water partition coefficient (Wildman–Crippen LogP) is 5.76. The fraction of sp³-hybridized carbons (Fsp3) is 0.250. The Morgan fingerprint density at radius 2 is 1.65 bits per heavy atom. The van der Waals surface area contributed by atoms with Crippen LogP contribution >= 0.6 is 31.9 Å². The van der Waals surface area contributed by atoms with Crippen molar-refractivity contribution >= 4 is 31.9 Å². The first kappa shape index (κ1) is 15.7. The van der Waals surface area contributed by atoms with E-state index in [4.69, 9.17) is 0 Å². The zero-order chi connectivity index (χ0) is 14.7. The van der Waals surface area contributed by atoms with Gasteiger partial charge in [0.05, 0.1) is 4.47 Å². The highest BCUT2D eigenvalue weighted by atomic mass is 79.9. The van der Waals surface area contributed by atoms with E-state index in [0.29, 0.717) is 4.47 Å². The molecule has 4 heteroatoms. The standard InChI is InChI=1S/C16H16Br2FN/c1-10(12-7-8-16(19)15(18)9-12)20-11(2)13-5-3-4-6-14(13)17/h3-11,20H,1-2H3. The highest BCUT2D eigenvalue weighted by Gasteiger charge is 2.14. The van der Waals surface area contributed by atoms with Crippen molar-refractivity contribution in [2.75, 3.05) is 0 Å². The average Bonchev–Trinajstić information content (AvgIpc) is 2.42. The minimum atomic E-state index is -0.236. The second-order valence-electron chi connectivity index (χ2n) is 4.81. The molecule has 0 amide bonds. The lowest BCUT2D eigenvalue weighted by Gasteiger charge is -2.22. The van der Waals surface area contributed by atoms with Gasteiger partial charge in [0.15, 0.2) is 0 Å². The van der Waals surface area contributed by atoms with Gasteiger partial charge in [-0.2, -0.15) is 0 Å². The third kappa shape index (κ3) is 3.68. The monoisotopic (exact) mass is 399 g/mol. The van der Waals surface area contributed by atoms with Gasteiger partial charge in [-0.05, 0) is 59.1 Å². The molecule has 0 radical (unpaired) electrons. The van der Waals surface area contributed by atoms with E-state index >= 15 is 0 Å². The largest absolute Gasteiger partial charge is 0.304 e. The van der Waals surface area contributed by atoms with Crippen molar-refractivity contribution in [1.29, 1.82) is 0 Å². The van der Waals surface area contributed by atoms with E-state index < -0.39 is 0 Å². The minimum Gasteiger partial charge on any atom is -0.304 e. The molecule has 20 heavy (non-hydrogen) atoms. The SMILES string of the molecule is CC(NC(C)c1ccccc1Br)c1ccc(F)c(Br)c1. The molecule has 2 rings (SSSR count). The lowest BCUT2D eigenvalue weighted by molar-refractivity contribution is 0.492. The summed E-state index contributed by atoms with van der Waals surface area (Å²) in [6.07, 6.45) is 0. The van der Waals surface area contributed by atoms with Crippen LogP contribution in [0.2, 0.25) is 0 Å². The molecule has 0 bridgehead atoms. The van der Waals surface area contributed by atoms with Crippen LogP contribution in [0.3, 0.4) is 0 Å². The summed E-state index contributed by atoms with van der Waals surface area (Å²) >= 11 is 6.79. The van der Waals surface area contributed by atoms with Crippen molar-refractivity contribution in [3.8, 4) is 0 Å². The van der Waals surface area contributed by atoms with Crippen LogP contribution in [0.5, 0.6) is 0 Å². The van der Waals surface area contributed by atoms with E-state index in [2.05, 4.69) is 57.1 Å². The van der Waals surface area contributed by atoms with Crippen LogP contribution in [0.1, 0.15) is 37.1 Å². The van der Waals surface area contributed by atoms with Crippen molar-refractivity contribution < 1.29 is 4.39 Å². The Hall–Kier alpha value is -0.710. The number of benzene rings is 2. The number of halogens is 3. The molecule has 2 atom stereocenters. The average molecular weight is 401 g/mol. The first-order chi connectivity index (χ1) is 9.49. The molecule has 0 saturated heterocycles. The molecule has 0 aliphatic rings. The Labute approximate surface area is 135 Å². The molecule has 2 aromatic carbocycles. The van der Waals surface area contributed by atoms with Gasteiger partial charge in [0.2, 0.25) is 0 Å². The lowest BCUT2D eigenvalue weighted by Crippen LogP contribution is -2.22. The van der Waals surface area contributed by atoms with Gasteiger partial charge in [-0.25, -0.2) is 4.39 Å². The molecule has 1 nitrogen and oxygen atoms in total. The fourth-order valence-corrected chi connectivity index (χ4v) is 3.19. The summed E-state index contributed by atoms with van der Waals surface area (Å²) in [5.41, 5.74) is 2.26. The summed E-state index contributed by atoms with van der Waals surface area (Å²) in [5, 5.41) is 3.53. The molecule has 0 fully saturated rings. The third-order valence-electron chi connectivity index (χ3n) is 3.32. The number of hydrogen-bond donors (Lipinski definition) is 1. The van der Waals surface area contributed by atoms with Crippen molar-refractivity contribution in [2.24, 2.45) is 0 Å². The van der Waals surface area contributed by atoms with Crippen LogP contribution in [0.15, 0.2) is 51.4 Å². The highest BCUT2D eigenvalue weighted by molar-refractivity contribution is 9.10. The van der Waals surface area contributed by atoms with Crippen LogP contribution in [0, 0.1) is 5.82 Å². The zero-order valence-corrected chi connectivity index (χ0v) is 14.5. The van der Waals surface area contributed by atoms with Crippen LogP contribution in [-0.2, 0) is 0 Å².